The van der Waals surface area contributed by atoms with E-state index in [0.717, 1.165) is 18.5 Å². The van der Waals surface area contributed by atoms with Crippen molar-refractivity contribution in [2.45, 2.75) is 18.9 Å². The highest BCUT2D eigenvalue weighted by molar-refractivity contribution is 6.42. The van der Waals surface area contributed by atoms with Crippen LogP contribution in [0.25, 0.3) is 0 Å². The lowest BCUT2D eigenvalue weighted by molar-refractivity contribution is -0.120. The molecule has 0 bridgehead atoms. The summed E-state index contributed by atoms with van der Waals surface area (Å²) in [4.78, 5) is 12.1. The van der Waals surface area contributed by atoms with Gasteiger partial charge in [-0.2, -0.15) is 0 Å². The summed E-state index contributed by atoms with van der Waals surface area (Å²) < 4.78 is 0. The first-order valence-corrected chi connectivity index (χ1v) is 8.41. The Bertz CT molecular complexity index is 718. The van der Waals surface area contributed by atoms with E-state index in [1.165, 1.54) is 11.1 Å². The van der Waals surface area contributed by atoms with Gasteiger partial charge in [-0.25, -0.2) is 0 Å². The van der Waals surface area contributed by atoms with Gasteiger partial charge >= 0.3 is 0 Å². The molecule has 2 aromatic rings. The smallest absolute Gasteiger partial charge is 0.224 e. The van der Waals surface area contributed by atoms with Crippen LogP contribution >= 0.6 is 23.2 Å². The van der Waals surface area contributed by atoms with Crippen LogP contribution in [-0.2, 0) is 17.6 Å². The Morgan fingerprint density at radius 1 is 1.17 bits per heavy atom. The topological polar surface area (TPSA) is 41.1 Å². The molecule has 0 radical (unpaired) electrons. The number of hydrogen-bond donors (Lipinski definition) is 2. The molecule has 0 saturated carbocycles. The fourth-order valence-corrected chi connectivity index (χ4v) is 3.21. The highest BCUT2D eigenvalue weighted by atomic mass is 35.5. The van der Waals surface area contributed by atoms with E-state index in [0.29, 0.717) is 23.0 Å². The Kier molecular flexibility index (Phi) is 5.21. The van der Waals surface area contributed by atoms with Gasteiger partial charge in [0.05, 0.1) is 16.5 Å². The normalized spacial score (nSPS) is 16.7. The molecule has 1 heterocycles. The molecular weight excluding hydrogens is 331 g/mol. The number of fused-ring (bicyclic) bond motifs is 1. The van der Waals surface area contributed by atoms with Crippen molar-refractivity contribution in [1.29, 1.82) is 0 Å². The van der Waals surface area contributed by atoms with Crippen LogP contribution in [0.15, 0.2) is 42.5 Å². The van der Waals surface area contributed by atoms with Crippen molar-refractivity contribution in [3.63, 3.8) is 0 Å². The monoisotopic (exact) mass is 348 g/mol. The fourth-order valence-electron chi connectivity index (χ4n) is 2.89. The van der Waals surface area contributed by atoms with E-state index in [1.807, 2.05) is 12.1 Å². The van der Waals surface area contributed by atoms with Gasteiger partial charge in [0.1, 0.15) is 0 Å². The summed E-state index contributed by atoms with van der Waals surface area (Å²) in [7, 11) is 0. The van der Waals surface area contributed by atoms with Crippen LogP contribution in [0, 0.1) is 0 Å². The quantitative estimate of drug-likeness (QED) is 0.887. The van der Waals surface area contributed by atoms with Gasteiger partial charge in [0.25, 0.3) is 0 Å². The SMILES string of the molecule is O=C(Cc1ccc(Cl)c(Cl)c1)NCC1NCCc2ccccc21. The van der Waals surface area contributed by atoms with E-state index >= 15 is 0 Å². The number of hydrogen-bond acceptors (Lipinski definition) is 2. The number of rotatable bonds is 4. The largest absolute Gasteiger partial charge is 0.354 e. The van der Waals surface area contributed by atoms with E-state index in [1.54, 1.807) is 12.1 Å². The Morgan fingerprint density at radius 2 is 2.00 bits per heavy atom. The molecule has 1 amide bonds. The zero-order valence-corrected chi connectivity index (χ0v) is 14.1. The molecule has 2 N–H and O–H groups in total. The molecule has 5 heteroatoms. The summed E-state index contributed by atoms with van der Waals surface area (Å²) in [5, 5.41) is 7.43. The fraction of sp³-hybridized carbons (Fsp3) is 0.278. The second-order valence-corrected chi connectivity index (χ2v) is 6.50. The van der Waals surface area contributed by atoms with Gasteiger partial charge in [-0.15, -0.1) is 0 Å². The molecule has 3 nitrogen and oxygen atoms in total. The summed E-state index contributed by atoms with van der Waals surface area (Å²) in [6.45, 7) is 1.52. The van der Waals surface area contributed by atoms with Gasteiger partial charge in [0, 0.05) is 12.6 Å². The maximum absolute atomic E-state index is 12.1. The van der Waals surface area contributed by atoms with Crippen LogP contribution in [0.5, 0.6) is 0 Å². The standard InChI is InChI=1S/C18H18Cl2N2O/c19-15-6-5-12(9-16(15)20)10-18(23)22-11-17-14-4-2-1-3-13(14)7-8-21-17/h1-6,9,17,21H,7-8,10-11H2,(H,22,23). The van der Waals surface area contributed by atoms with E-state index in [9.17, 15) is 4.79 Å². The number of carbonyl (C=O) groups is 1. The Balaban J connectivity index is 1.58. The molecule has 0 spiro atoms. The molecule has 0 aromatic heterocycles. The molecule has 1 unspecified atom stereocenters. The van der Waals surface area contributed by atoms with Crippen LogP contribution in [0.4, 0.5) is 0 Å². The highest BCUT2D eigenvalue weighted by Gasteiger charge is 2.19. The summed E-state index contributed by atoms with van der Waals surface area (Å²) in [5.41, 5.74) is 3.48. The summed E-state index contributed by atoms with van der Waals surface area (Å²) in [5.74, 6) is -0.0201. The summed E-state index contributed by atoms with van der Waals surface area (Å²) in [6.07, 6.45) is 1.33. The Labute approximate surface area is 146 Å². The van der Waals surface area contributed by atoms with Crippen molar-refractivity contribution in [2.24, 2.45) is 0 Å². The predicted molar refractivity (Wildman–Crippen MR) is 94.1 cm³/mol. The minimum atomic E-state index is -0.0201. The minimum Gasteiger partial charge on any atom is -0.354 e. The van der Waals surface area contributed by atoms with Crippen molar-refractivity contribution in [1.82, 2.24) is 10.6 Å². The average molecular weight is 349 g/mol. The van der Waals surface area contributed by atoms with Gasteiger partial charge in [-0.1, -0.05) is 53.5 Å². The van der Waals surface area contributed by atoms with E-state index in [2.05, 4.69) is 28.8 Å². The number of carbonyl (C=O) groups excluding carboxylic acids is 1. The van der Waals surface area contributed by atoms with Crippen LogP contribution in [0.2, 0.25) is 10.0 Å². The molecular formula is C18H18Cl2N2O. The molecule has 0 fully saturated rings. The molecule has 0 aliphatic carbocycles. The third-order valence-electron chi connectivity index (χ3n) is 4.07. The van der Waals surface area contributed by atoms with Gasteiger partial charge in [-0.3, -0.25) is 4.79 Å². The lowest BCUT2D eigenvalue weighted by Gasteiger charge is -2.27. The average Bonchev–Trinajstić information content (AvgIpc) is 2.56. The van der Waals surface area contributed by atoms with Gasteiger partial charge in [0.2, 0.25) is 5.91 Å². The van der Waals surface area contributed by atoms with E-state index in [4.69, 9.17) is 23.2 Å². The van der Waals surface area contributed by atoms with Crippen molar-refractivity contribution in [3.8, 4) is 0 Å². The first kappa shape index (κ1) is 16.3. The molecule has 120 valence electrons. The minimum absolute atomic E-state index is 0.0201. The third kappa shape index (κ3) is 4.05. The predicted octanol–water partition coefficient (Wildman–Crippen LogP) is 3.54. The Hall–Kier alpha value is -1.55. The van der Waals surface area contributed by atoms with Crippen LogP contribution in [-0.4, -0.2) is 19.0 Å². The maximum atomic E-state index is 12.1. The maximum Gasteiger partial charge on any atom is 0.224 e. The zero-order valence-electron chi connectivity index (χ0n) is 12.6. The van der Waals surface area contributed by atoms with E-state index < -0.39 is 0 Å². The summed E-state index contributed by atoms with van der Waals surface area (Å²) in [6, 6.07) is 13.8. The van der Waals surface area contributed by atoms with Gasteiger partial charge in [0.15, 0.2) is 0 Å². The van der Waals surface area contributed by atoms with Crippen LogP contribution < -0.4 is 10.6 Å². The van der Waals surface area contributed by atoms with Crippen molar-refractivity contribution >= 4 is 29.1 Å². The lowest BCUT2D eigenvalue weighted by Crippen LogP contribution is -2.39. The molecule has 1 atom stereocenters. The lowest BCUT2D eigenvalue weighted by atomic mass is 9.94. The summed E-state index contributed by atoms with van der Waals surface area (Å²) >= 11 is 11.9. The molecule has 1 aliphatic rings. The molecule has 1 aliphatic heterocycles. The van der Waals surface area contributed by atoms with Crippen molar-refractivity contribution < 1.29 is 4.79 Å². The number of halogens is 2. The number of nitrogens with one attached hydrogen (secondary N) is 2. The molecule has 23 heavy (non-hydrogen) atoms. The van der Waals surface area contributed by atoms with Gasteiger partial charge < -0.3 is 10.6 Å². The molecule has 3 rings (SSSR count). The van der Waals surface area contributed by atoms with Crippen LogP contribution in [0.1, 0.15) is 22.7 Å². The molecule has 0 saturated heterocycles. The number of amides is 1. The highest BCUT2D eigenvalue weighted by Crippen LogP contribution is 2.23. The van der Waals surface area contributed by atoms with Crippen molar-refractivity contribution in [2.75, 3.05) is 13.1 Å². The second kappa shape index (κ2) is 7.35. The molecule has 2 aromatic carbocycles. The van der Waals surface area contributed by atoms with Gasteiger partial charge in [-0.05, 0) is 41.8 Å². The first-order valence-electron chi connectivity index (χ1n) is 7.65. The Morgan fingerprint density at radius 3 is 2.83 bits per heavy atom. The third-order valence-corrected chi connectivity index (χ3v) is 4.81. The zero-order chi connectivity index (χ0) is 16.2. The first-order chi connectivity index (χ1) is 11.1. The van der Waals surface area contributed by atoms with Crippen LogP contribution in [0.3, 0.4) is 0 Å². The van der Waals surface area contributed by atoms with Crippen molar-refractivity contribution in [3.05, 3.63) is 69.2 Å². The van der Waals surface area contributed by atoms with E-state index in [-0.39, 0.29) is 11.9 Å². The second-order valence-electron chi connectivity index (χ2n) is 5.68. The number of benzene rings is 2.